The summed E-state index contributed by atoms with van der Waals surface area (Å²) in [5.41, 5.74) is 0.844. The number of ether oxygens (including phenoxy) is 2. The lowest BCUT2D eigenvalue weighted by Crippen LogP contribution is -2.29. The molecule has 206 valence electrons. The maximum Gasteiger partial charge on any atom is 0.281 e. The van der Waals surface area contributed by atoms with Gasteiger partial charge < -0.3 is 14.6 Å². The first kappa shape index (κ1) is 27.9. The van der Waals surface area contributed by atoms with Crippen LogP contribution in [0.5, 0.6) is 17.4 Å². The Hall–Kier alpha value is -4.12. The van der Waals surface area contributed by atoms with Crippen LogP contribution < -0.4 is 15.0 Å². The molecule has 0 unspecified atom stereocenters. The Morgan fingerprint density at radius 1 is 1.00 bits per heavy atom. The SMILES string of the molecule is CCCCc1nc(O)c(S(=O)(=O)c2ccc(-c3cnn(C(C)C)c3)cc2)c(=O)n1-c1c(OC)cccc1OC. The molecule has 2 heterocycles. The minimum atomic E-state index is -4.46. The summed E-state index contributed by atoms with van der Waals surface area (Å²) in [7, 11) is -1.59. The minimum absolute atomic E-state index is 0.156. The van der Waals surface area contributed by atoms with Crippen molar-refractivity contribution in [3.8, 4) is 34.2 Å². The molecule has 2 aromatic carbocycles. The highest BCUT2D eigenvalue weighted by molar-refractivity contribution is 7.91. The van der Waals surface area contributed by atoms with E-state index in [0.717, 1.165) is 22.1 Å². The number of methoxy groups -OCH3 is 2. The van der Waals surface area contributed by atoms with Gasteiger partial charge in [0.2, 0.25) is 15.7 Å². The summed E-state index contributed by atoms with van der Waals surface area (Å²) < 4.78 is 41.4. The van der Waals surface area contributed by atoms with Crippen molar-refractivity contribution in [3.63, 3.8) is 0 Å². The van der Waals surface area contributed by atoms with Crippen molar-refractivity contribution in [1.82, 2.24) is 19.3 Å². The maximum absolute atomic E-state index is 13.9. The smallest absolute Gasteiger partial charge is 0.281 e. The molecule has 0 amide bonds. The van der Waals surface area contributed by atoms with Crippen LogP contribution in [0, 0.1) is 0 Å². The number of benzene rings is 2. The van der Waals surface area contributed by atoms with Crippen molar-refractivity contribution >= 4 is 9.84 Å². The van der Waals surface area contributed by atoms with Crippen LogP contribution in [0.15, 0.2) is 69.4 Å². The second-order valence-electron chi connectivity index (χ2n) is 9.27. The molecule has 0 aliphatic carbocycles. The third-order valence-corrected chi connectivity index (χ3v) is 8.16. The van der Waals surface area contributed by atoms with E-state index < -0.39 is 26.2 Å². The largest absolute Gasteiger partial charge is 0.494 e. The van der Waals surface area contributed by atoms with E-state index in [0.29, 0.717) is 12.8 Å². The third kappa shape index (κ3) is 5.26. The molecule has 4 aromatic rings. The van der Waals surface area contributed by atoms with Crippen molar-refractivity contribution in [2.45, 2.75) is 55.9 Å². The third-order valence-electron chi connectivity index (χ3n) is 6.37. The number of hydrogen-bond acceptors (Lipinski definition) is 8. The van der Waals surface area contributed by atoms with E-state index in [9.17, 15) is 18.3 Å². The van der Waals surface area contributed by atoms with Crippen LogP contribution >= 0.6 is 0 Å². The lowest BCUT2D eigenvalue weighted by molar-refractivity contribution is 0.386. The van der Waals surface area contributed by atoms with Crippen molar-refractivity contribution in [3.05, 3.63) is 71.0 Å². The van der Waals surface area contributed by atoms with E-state index >= 15 is 0 Å². The van der Waals surface area contributed by atoms with Crippen LogP contribution in [0.3, 0.4) is 0 Å². The Kier molecular flexibility index (Phi) is 8.10. The van der Waals surface area contributed by atoms with Crippen molar-refractivity contribution in [1.29, 1.82) is 0 Å². The van der Waals surface area contributed by atoms with Gasteiger partial charge in [-0.15, -0.1) is 0 Å². The molecule has 0 saturated carbocycles. The average Bonchev–Trinajstić information content (AvgIpc) is 3.42. The van der Waals surface area contributed by atoms with Crippen molar-refractivity contribution in [2.75, 3.05) is 14.2 Å². The molecule has 0 aliphatic heterocycles. The highest BCUT2D eigenvalue weighted by Gasteiger charge is 2.31. The Morgan fingerprint density at radius 3 is 2.18 bits per heavy atom. The lowest BCUT2D eigenvalue weighted by Gasteiger charge is -2.19. The second kappa shape index (κ2) is 11.3. The number of hydrogen-bond donors (Lipinski definition) is 1. The molecule has 2 aromatic heterocycles. The van der Waals surface area contributed by atoms with Crippen LogP contribution in [0.1, 0.15) is 45.5 Å². The molecular formula is C28H32N4O6S. The standard InChI is InChI=1S/C28H32N4O6S/c1-6-7-11-24-30-27(33)26(28(34)32(24)25-22(37-4)9-8-10-23(25)38-5)39(35,36)21-14-12-19(13-15-21)20-16-29-31(17-20)18(2)3/h8-10,12-18,33H,6-7,11H2,1-5H3. The number of unbranched alkanes of at least 4 members (excludes halogenated alkanes) is 1. The summed E-state index contributed by atoms with van der Waals surface area (Å²) in [6, 6.07) is 11.2. The zero-order valence-electron chi connectivity index (χ0n) is 22.6. The molecule has 0 aliphatic rings. The number of aromatic hydroxyl groups is 1. The fourth-order valence-electron chi connectivity index (χ4n) is 4.27. The van der Waals surface area contributed by atoms with Gasteiger partial charge >= 0.3 is 0 Å². The van der Waals surface area contributed by atoms with Gasteiger partial charge in [-0.25, -0.2) is 8.42 Å². The monoisotopic (exact) mass is 552 g/mol. The van der Waals surface area contributed by atoms with E-state index in [1.165, 1.54) is 26.4 Å². The Morgan fingerprint density at radius 2 is 1.64 bits per heavy atom. The van der Waals surface area contributed by atoms with Gasteiger partial charge in [-0.2, -0.15) is 10.1 Å². The summed E-state index contributed by atoms with van der Waals surface area (Å²) >= 11 is 0. The molecule has 39 heavy (non-hydrogen) atoms. The van der Waals surface area contributed by atoms with Gasteiger partial charge in [0.15, 0.2) is 4.90 Å². The predicted molar refractivity (Wildman–Crippen MR) is 147 cm³/mol. The molecule has 0 bridgehead atoms. The first-order chi connectivity index (χ1) is 18.6. The molecule has 0 radical (unpaired) electrons. The van der Waals surface area contributed by atoms with Gasteiger partial charge in [0.05, 0.1) is 25.3 Å². The zero-order chi connectivity index (χ0) is 28.3. The highest BCUT2D eigenvalue weighted by Crippen LogP contribution is 2.34. The molecule has 10 nitrogen and oxygen atoms in total. The Labute approximate surface area is 227 Å². The van der Waals surface area contributed by atoms with Gasteiger partial charge in [-0.05, 0) is 50.1 Å². The molecular weight excluding hydrogens is 520 g/mol. The van der Waals surface area contributed by atoms with Crippen LogP contribution in [0.4, 0.5) is 0 Å². The number of nitrogens with zero attached hydrogens (tertiary/aromatic N) is 4. The fourth-order valence-corrected chi connectivity index (χ4v) is 5.61. The molecule has 4 rings (SSSR count). The first-order valence-corrected chi connectivity index (χ1v) is 14.1. The van der Waals surface area contributed by atoms with Gasteiger partial charge in [0, 0.05) is 24.2 Å². The maximum atomic E-state index is 13.9. The molecule has 1 N–H and O–H groups in total. The number of para-hydroxylation sites is 1. The van der Waals surface area contributed by atoms with E-state index in [4.69, 9.17) is 9.47 Å². The number of rotatable bonds is 10. The van der Waals surface area contributed by atoms with E-state index in [-0.39, 0.29) is 33.9 Å². The molecule has 0 spiro atoms. The molecule has 11 heteroatoms. The normalized spacial score (nSPS) is 11.6. The number of aryl methyl sites for hydroxylation is 1. The van der Waals surface area contributed by atoms with E-state index in [2.05, 4.69) is 10.1 Å². The topological polar surface area (TPSA) is 126 Å². The Balaban J connectivity index is 1.89. The summed E-state index contributed by atoms with van der Waals surface area (Å²) in [4.78, 5) is 17.2. The van der Waals surface area contributed by atoms with Crippen molar-refractivity contribution < 1.29 is 23.0 Å². The van der Waals surface area contributed by atoms with Gasteiger partial charge in [-0.1, -0.05) is 31.5 Å². The number of sulfone groups is 1. The van der Waals surface area contributed by atoms with Crippen LogP contribution in [0.25, 0.3) is 16.8 Å². The van der Waals surface area contributed by atoms with Crippen LogP contribution in [0.2, 0.25) is 0 Å². The van der Waals surface area contributed by atoms with Crippen molar-refractivity contribution in [2.24, 2.45) is 0 Å². The summed E-state index contributed by atoms with van der Waals surface area (Å²) in [5.74, 6) is -0.0789. The van der Waals surface area contributed by atoms with E-state index in [1.807, 2.05) is 27.0 Å². The molecule has 0 fully saturated rings. The molecule has 0 saturated heterocycles. The predicted octanol–water partition coefficient (Wildman–Crippen LogP) is 4.58. The van der Waals surface area contributed by atoms with Gasteiger partial charge in [0.1, 0.15) is 23.0 Å². The van der Waals surface area contributed by atoms with Gasteiger partial charge in [0.25, 0.3) is 5.56 Å². The Bertz CT molecular complexity index is 1620. The van der Waals surface area contributed by atoms with E-state index in [1.54, 1.807) is 41.2 Å². The highest BCUT2D eigenvalue weighted by atomic mass is 32.2. The van der Waals surface area contributed by atoms with Crippen LogP contribution in [-0.4, -0.2) is 47.1 Å². The summed E-state index contributed by atoms with van der Waals surface area (Å²) in [6.45, 7) is 5.99. The zero-order valence-corrected chi connectivity index (χ0v) is 23.4. The van der Waals surface area contributed by atoms with Gasteiger partial charge in [-0.3, -0.25) is 14.0 Å². The fraction of sp³-hybridized carbons (Fsp3) is 0.321. The van der Waals surface area contributed by atoms with Crippen LogP contribution in [-0.2, 0) is 16.3 Å². The average molecular weight is 553 g/mol. The second-order valence-corrected chi connectivity index (χ2v) is 11.2. The first-order valence-electron chi connectivity index (χ1n) is 12.6. The quantitative estimate of drug-likeness (QED) is 0.303. The molecule has 0 atom stereocenters. The minimum Gasteiger partial charge on any atom is -0.494 e. The lowest BCUT2D eigenvalue weighted by atomic mass is 10.1. The summed E-state index contributed by atoms with van der Waals surface area (Å²) in [5, 5.41) is 15.1. The number of aromatic nitrogens is 4. The summed E-state index contributed by atoms with van der Waals surface area (Å²) in [6.07, 6.45) is 5.35.